The Labute approximate surface area is 79.7 Å². The van der Waals surface area contributed by atoms with Gasteiger partial charge in [-0.3, -0.25) is 9.29 Å². The second-order valence-electron chi connectivity index (χ2n) is 4.42. The van der Waals surface area contributed by atoms with Crippen LogP contribution in [0.25, 0.3) is 0 Å². The van der Waals surface area contributed by atoms with E-state index in [1.165, 1.54) is 26.1 Å². The summed E-state index contributed by atoms with van der Waals surface area (Å²) < 4.78 is 12.0. The maximum Gasteiger partial charge on any atom is 0.0906 e. The summed E-state index contributed by atoms with van der Waals surface area (Å²) in [5, 5.41) is 0. The van der Waals surface area contributed by atoms with Gasteiger partial charge in [0, 0.05) is 25.7 Å². The van der Waals surface area contributed by atoms with Gasteiger partial charge in [-0.1, -0.05) is 0 Å². The first-order valence-corrected chi connectivity index (χ1v) is 5.30. The van der Waals surface area contributed by atoms with Crippen LogP contribution in [0, 0.1) is 5.92 Å². The highest BCUT2D eigenvalue weighted by molar-refractivity contribution is 4.94. The Balaban J connectivity index is 1.85. The van der Waals surface area contributed by atoms with E-state index in [1.807, 2.05) is 0 Å². The summed E-state index contributed by atoms with van der Waals surface area (Å²) in [6, 6.07) is 0.733. The summed E-state index contributed by atoms with van der Waals surface area (Å²) in [4.78, 5) is 4.88. The van der Waals surface area contributed by atoms with E-state index in [0.29, 0.717) is 6.42 Å². The number of nitrogens with zero attached hydrogens (tertiary/aromatic N) is 2. The fraction of sp³-hybridized carbons (Fsp3) is 1.00. The Bertz CT molecular complexity index is 174. The zero-order valence-electron chi connectivity index (χ0n) is 8.38. The van der Waals surface area contributed by atoms with Crippen LogP contribution in [0.1, 0.15) is 12.8 Å². The van der Waals surface area contributed by atoms with Gasteiger partial charge in [0.15, 0.2) is 0 Å². The first-order valence-electron chi connectivity index (χ1n) is 5.30. The molecule has 0 radical (unpaired) electrons. The van der Waals surface area contributed by atoms with Crippen molar-refractivity contribution in [3.05, 3.63) is 0 Å². The third-order valence-corrected chi connectivity index (χ3v) is 3.42. The van der Waals surface area contributed by atoms with Crippen LogP contribution in [0.2, 0.25) is 0 Å². The lowest BCUT2D eigenvalue weighted by molar-refractivity contribution is 0.225. The van der Waals surface area contributed by atoms with E-state index in [1.54, 1.807) is 0 Å². The standard InChI is InChI=1S/C10H19FN2/c1-12-7-9-3-6-13(5-2-4-11)10(9)8-12/h9-10H,2-8H2,1H3. The Hall–Kier alpha value is -0.150. The quantitative estimate of drug-likeness (QED) is 0.648. The predicted octanol–water partition coefficient (Wildman–Crippen LogP) is 0.982. The lowest BCUT2D eigenvalue weighted by Crippen LogP contribution is -2.35. The minimum atomic E-state index is -0.163. The molecule has 2 saturated heterocycles. The molecule has 0 bridgehead atoms. The van der Waals surface area contributed by atoms with E-state index in [9.17, 15) is 4.39 Å². The van der Waals surface area contributed by atoms with Crippen LogP contribution in [-0.2, 0) is 0 Å². The number of fused-ring (bicyclic) bond motifs is 1. The number of likely N-dealkylation sites (N-methyl/N-ethyl adjacent to an activating group) is 1. The summed E-state index contributed by atoms with van der Waals surface area (Å²) in [5.41, 5.74) is 0. The molecular weight excluding hydrogens is 167 g/mol. The molecule has 2 heterocycles. The molecule has 2 aliphatic rings. The predicted molar refractivity (Wildman–Crippen MR) is 51.6 cm³/mol. The van der Waals surface area contributed by atoms with E-state index in [4.69, 9.17) is 0 Å². The van der Waals surface area contributed by atoms with Gasteiger partial charge in [-0.2, -0.15) is 0 Å². The average molecular weight is 186 g/mol. The fourth-order valence-electron chi connectivity index (χ4n) is 2.80. The van der Waals surface area contributed by atoms with Crippen molar-refractivity contribution in [2.45, 2.75) is 18.9 Å². The normalized spacial score (nSPS) is 35.5. The van der Waals surface area contributed by atoms with E-state index in [2.05, 4.69) is 16.8 Å². The van der Waals surface area contributed by atoms with E-state index in [-0.39, 0.29) is 6.67 Å². The highest BCUT2D eigenvalue weighted by atomic mass is 19.1. The summed E-state index contributed by atoms with van der Waals surface area (Å²) in [7, 11) is 2.19. The summed E-state index contributed by atoms with van der Waals surface area (Å²) >= 11 is 0. The van der Waals surface area contributed by atoms with Crippen LogP contribution in [0.4, 0.5) is 4.39 Å². The molecule has 0 aromatic heterocycles. The van der Waals surface area contributed by atoms with E-state index >= 15 is 0 Å². The lowest BCUT2D eigenvalue weighted by Gasteiger charge is -2.23. The molecule has 0 aromatic carbocycles. The van der Waals surface area contributed by atoms with Gasteiger partial charge < -0.3 is 4.90 Å². The molecule has 2 nitrogen and oxygen atoms in total. The molecule has 2 atom stereocenters. The molecule has 2 aliphatic heterocycles. The minimum Gasteiger partial charge on any atom is -0.304 e. The monoisotopic (exact) mass is 186 g/mol. The second kappa shape index (κ2) is 3.93. The van der Waals surface area contributed by atoms with Gasteiger partial charge in [0.2, 0.25) is 0 Å². The van der Waals surface area contributed by atoms with Gasteiger partial charge >= 0.3 is 0 Å². The molecule has 0 saturated carbocycles. The zero-order valence-corrected chi connectivity index (χ0v) is 8.38. The van der Waals surface area contributed by atoms with Gasteiger partial charge in [0.25, 0.3) is 0 Å². The Morgan fingerprint density at radius 2 is 2.23 bits per heavy atom. The summed E-state index contributed by atoms with van der Waals surface area (Å²) in [5.74, 6) is 0.865. The number of rotatable bonds is 3. The topological polar surface area (TPSA) is 6.48 Å². The van der Waals surface area contributed by atoms with Crippen LogP contribution in [0.3, 0.4) is 0 Å². The molecular formula is C10H19FN2. The molecule has 76 valence electrons. The van der Waals surface area contributed by atoms with Crippen molar-refractivity contribution in [3.63, 3.8) is 0 Å². The van der Waals surface area contributed by atoms with E-state index < -0.39 is 0 Å². The van der Waals surface area contributed by atoms with Gasteiger partial charge in [-0.25, -0.2) is 0 Å². The van der Waals surface area contributed by atoms with E-state index in [0.717, 1.165) is 18.5 Å². The SMILES string of the molecule is CN1CC2CCN(CCCF)C2C1. The van der Waals surface area contributed by atoms with Crippen molar-refractivity contribution in [3.8, 4) is 0 Å². The van der Waals surface area contributed by atoms with Gasteiger partial charge in [-0.05, 0) is 32.4 Å². The minimum absolute atomic E-state index is 0.163. The Morgan fingerprint density at radius 1 is 1.38 bits per heavy atom. The maximum atomic E-state index is 12.0. The molecule has 3 heteroatoms. The maximum absolute atomic E-state index is 12.0. The number of hydrogen-bond acceptors (Lipinski definition) is 2. The first kappa shape index (κ1) is 9.41. The number of halogens is 1. The number of hydrogen-bond donors (Lipinski definition) is 0. The van der Waals surface area contributed by atoms with Crippen LogP contribution >= 0.6 is 0 Å². The van der Waals surface area contributed by atoms with Crippen molar-refractivity contribution in [2.75, 3.05) is 39.9 Å². The third-order valence-electron chi connectivity index (χ3n) is 3.42. The third kappa shape index (κ3) is 1.86. The van der Waals surface area contributed by atoms with Crippen LogP contribution < -0.4 is 0 Å². The largest absolute Gasteiger partial charge is 0.304 e. The molecule has 0 spiro atoms. The molecule has 2 rings (SSSR count). The smallest absolute Gasteiger partial charge is 0.0906 e. The number of alkyl halides is 1. The second-order valence-corrected chi connectivity index (χ2v) is 4.42. The molecule has 0 aromatic rings. The highest BCUT2D eigenvalue weighted by Crippen LogP contribution is 2.30. The van der Waals surface area contributed by atoms with Gasteiger partial charge in [0.1, 0.15) is 0 Å². The number of likely N-dealkylation sites (tertiary alicyclic amines) is 2. The van der Waals surface area contributed by atoms with Crippen molar-refractivity contribution >= 4 is 0 Å². The summed E-state index contributed by atoms with van der Waals surface area (Å²) in [6.45, 7) is 4.44. The van der Waals surface area contributed by atoms with Crippen LogP contribution in [0.15, 0.2) is 0 Å². The molecule has 2 unspecified atom stereocenters. The van der Waals surface area contributed by atoms with Gasteiger partial charge in [-0.15, -0.1) is 0 Å². The molecule has 0 aliphatic carbocycles. The first-order chi connectivity index (χ1) is 6.31. The van der Waals surface area contributed by atoms with Crippen molar-refractivity contribution in [1.82, 2.24) is 9.80 Å². The lowest BCUT2D eigenvalue weighted by atomic mass is 10.1. The Morgan fingerprint density at radius 3 is 3.00 bits per heavy atom. The zero-order chi connectivity index (χ0) is 9.26. The van der Waals surface area contributed by atoms with Gasteiger partial charge in [0.05, 0.1) is 6.67 Å². The average Bonchev–Trinajstić information content (AvgIpc) is 2.61. The Kier molecular flexibility index (Phi) is 2.84. The van der Waals surface area contributed by atoms with Crippen molar-refractivity contribution in [2.24, 2.45) is 5.92 Å². The summed E-state index contributed by atoms with van der Waals surface area (Å²) in [6.07, 6.45) is 2.04. The van der Waals surface area contributed by atoms with Crippen molar-refractivity contribution in [1.29, 1.82) is 0 Å². The fourth-order valence-corrected chi connectivity index (χ4v) is 2.80. The molecule has 2 fully saturated rings. The van der Waals surface area contributed by atoms with Crippen molar-refractivity contribution < 1.29 is 4.39 Å². The molecule has 13 heavy (non-hydrogen) atoms. The highest BCUT2D eigenvalue weighted by Gasteiger charge is 2.39. The van der Waals surface area contributed by atoms with Crippen LogP contribution in [0.5, 0.6) is 0 Å². The molecule has 0 amide bonds. The molecule has 0 N–H and O–H groups in total. The van der Waals surface area contributed by atoms with Crippen LogP contribution in [-0.4, -0.2) is 55.7 Å².